The van der Waals surface area contributed by atoms with Crippen molar-refractivity contribution in [2.45, 2.75) is 75.8 Å². The van der Waals surface area contributed by atoms with Crippen LogP contribution in [-0.2, 0) is 27.5 Å². The fourth-order valence-electron chi connectivity index (χ4n) is 10.0. The van der Waals surface area contributed by atoms with Gasteiger partial charge < -0.3 is 43.5 Å². The lowest BCUT2D eigenvalue weighted by Gasteiger charge is -2.59. The van der Waals surface area contributed by atoms with E-state index in [0.29, 0.717) is 48.0 Å². The van der Waals surface area contributed by atoms with Crippen molar-refractivity contribution in [1.82, 2.24) is 4.90 Å². The second-order valence-corrected chi connectivity index (χ2v) is 17.4. The standard InChI is InChI=1S/C51H56ClN3O12/c1-2-24-64-51-47(54(50(58)61-25-21-52)31-35-17-19-45-46(26-35)63-33-62-45)30-43(53-65-32-34-11-4-3-5-12-34)41-27-36(13-6-8-22-56)40(16-7-9-23-57)48(49(41)51)42-29-39(18-20-44(42)67-51)66-38-15-10-14-37(28-38)55(59)60/h2-5,10-12,14-15,17-20,26-29,36,40,47-49,56-57H,1,6-9,13,16,21-25,30-33H2/t36-,40+,47-,48+,49+,51+/m0/s1. The molecule has 6 atom stereocenters. The van der Waals surface area contributed by atoms with E-state index >= 15 is 0 Å². The molecule has 354 valence electrons. The van der Waals surface area contributed by atoms with Crippen LogP contribution in [0.25, 0.3) is 0 Å². The van der Waals surface area contributed by atoms with Gasteiger partial charge >= 0.3 is 6.09 Å². The fraction of sp³-hybridized carbons (Fsp3) is 0.412. The van der Waals surface area contributed by atoms with Crippen LogP contribution < -0.4 is 18.9 Å². The molecule has 2 heterocycles. The Bertz CT molecular complexity index is 2430. The van der Waals surface area contributed by atoms with Crippen LogP contribution in [0.15, 0.2) is 120 Å². The molecular formula is C51H56ClN3O12. The van der Waals surface area contributed by atoms with Gasteiger partial charge in [-0.15, -0.1) is 18.2 Å². The number of nitrogens with zero attached hydrogens (tertiary/aromatic N) is 3. The van der Waals surface area contributed by atoms with Crippen LogP contribution in [-0.4, -0.2) is 82.8 Å². The minimum atomic E-state index is -1.58. The minimum Gasteiger partial charge on any atom is -0.459 e. The Hall–Kier alpha value is -6.13. The van der Waals surface area contributed by atoms with Crippen molar-refractivity contribution in [3.63, 3.8) is 0 Å². The lowest BCUT2D eigenvalue weighted by molar-refractivity contribution is -0.384. The van der Waals surface area contributed by atoms with Gasteiger partial charge in [0.05, 0.1) is 35.1 Å². The number of non-ortho nitro benzene ring substituents is 1. The van der Waals surface area contributed by atoms with Gasteiger partial charge in [-0.25, -0.2) is 4.79 Å². The van der Waals surface area contributed by atoms with Gasteiger partial charge in [-0.1, -0.05) is 72.6 Å². The van der Waals surface area contributed by atoms with Crippen molar-refractivity contribution >= 4 is 29.1 Å². The molecule has 0 spiro atoms. The molecule has 0 saturated heterocycles. The highest BCUT2D eigenvalue weighted by Gasteiger charge is 2.65. The average Bonchev–Trinajstić information content (AvgIpc) is 3.82. The molecule has 1 fully saturated rings. The summed E-state index contributed by atoms with van der Waals surface area (Å²) >= 11 is 6.13. The molecule has 4 aliphatic rings. The molecule has 4 aromatic carbocycles. The highest BCUT2D eigenvalue weighted by atomic mass is 35.5. The number of hydrogen-bond acceptors (Lipinski definition) is 13. The number of amides is 1. The van der Waals surface area contributed by atoms with Crippen molar-refractivity contribution in [3.8, 4) is 28.7 Å². The van der Waals surface area contributed by atoms with Gasteiger partial charge in [-0.3, -0.25) is 15.0 Å². The zero-order valence-electron chi connectivity index (χ0n) is 37.2. The van der Waals surface area contributed by atoms with Crippen LogP contribution in [0, 0.1) is 27.9 Å². The van der Waals surface area contributed by atoms with Crippen LogP contribution in [0.1, 0.15) is 67.6 Å². The molecule has 0 bridgehead atoms. The zero-order chi connectivity index (χ0) is 46.8. The lowest BCUT2D eigenvalue weighted by Crippen LogP contribution is -2.70. The summed E-state index contributed by atoms with van der Waals surface area (Å²) in [5.74, 6) is -0.237. The van der Waals surface area contributed by atoms with E-state index in [2.05, 4.69) is 12.7 Å². The van der Waals surface area contributed by atoms with E-state index in [-0.39, 0.29) is 87.9 Å². The molecule has 16 heteroatoms. The summed E-state index contributed by atoms with van der Waals surface area (Å²) in [6.45, 7) is 4.42. The quantitative estimate of drug-likeness (QED) is 0.0251. The molecule has 67 heavy (non-hydrogen) atoms. The number of oxime groups is 1. The number of fused-ring (bicyclic) bond motifs is 3. The Morgan fingerprint density at radius 1 is 0.925 bits per heavy atom. The van der Waals surface area contributed by atoms with Crippen LogP contribution in [0.2, 0.25) is 0 Å². The molecule has 2 aliphatic carbocycles. The monoisotopic (exact) mass is 937 g/mol. The Kier molecular flexibility index (Phi) is 15.6. The number of aliphatic hydroxyl groups is 2. The maximum Gasteiger partial charge on any atom is 0.410 e. The van der Waals surface area contributed by atoms with E-state index in [1.807, 2.05) is 60.7 Å². The maximum absolute atomic E-state index is 14.7. The van der Waals surface area contributed by atoms with Crippen molar-refractivity contribution in [2.75, 3.05) is 39.1 Å². The molecule has 0 aromatic heterocycles. The Balaban J connectivity index is 1.33. The summed E-state index contributed by atoms with van der Waals surface area (Å²) < 4.78 is 38.1. The molecule has 8 rings (SSSR count). The SMILES string of the molecule is C=CCO[C@@]12Oc3ccc(Oc4cccc([N+](=O)[O-])c4)cc3[C@H]3[C@H](CCCCO)[C@@H](CCCCO)C=C(C(=NOCc4ccccc4)C[C@@H]1N(Cc1ccc4c(c1)OCO4)C(=O)OCCCl)[C@H]32. The number of halogens is 1. The molecule has 1 amide bonds. The first-order valence-electron chi connectivity index (χ1n) is 22.8. The number of nitro benzene ring substituents is 1. The zero-order valence-corrected chi connectivity index (χ0v) is 38.0. The Morgan fingerprint density at radius 3 is 2.48 bits per heavy atom. The van der Waals surface area contributed by atoms with E-state index in [4.69, 9.17) is 50.0 Å². The van der Waals surface area contributed by atoms with E-state index in [1.54, 1.807) is 29.2 Å². The first-order chi connectivity index (χ1) is 32.8. The molecule has 0 unspecified atom stereocenters. The first-order valence-corrected chi connectivity index (χ1v) is 23.3. The van der Waals surface area contributed by atoms with Crippen LogP contribution in [0.4, 0.5) is 10.5 Å². The van der Waals surface area contributed by atoms with Gasteiger partial charge in [0.15, 0.2) is 11.5 Å². The number of carbonyl (C=O) groups is 1. The number of rotatable bonds is 22. The molecular weight excluding hydrogens is 882 g/mol. The lowest BCUT2D eigenvalue weighted by atomic mass is 9.55. The summed E-state index contributed by atoms with van der Waals surface area (Å²) in [7, 11) is 0. The van der Waals surface area contributed by atoms with Gasteiger partial charge in [0.2, 0.25) is 12.6 Å². The van der Waals surface area contributed by atoms with Gasteiger partial charge in [-0.05, 0) is 90.6 Å². The van der Waals surface area contributed by atoms with E-state index in [1.165, 1.54) is 12.1 Å². The highest BCUT2D eigenvalue weighted by Crippen LogP contribution is 2.62. The average molecular weight is 938 g/mol. The molecule has 0 radical (unpaired) electrons. The van der Waals surface area contributed by atoms with E-state index < -0.39 is 28.8 Å². The van der Waals surface area contributed by atoms with Crippen molar-refractivity contribution in [3.05, 3.63) is 142 Å². The number of carbonyl (C=O) groups excluding carboxylic acids is 1. The molecule has 4 aromatic rings. The Labute approximate surface area is 394 Å². The summed E-state index contributed by atoms with van der Waals surface area (Å²) in [5, 5.41) is 36.6. The van der Waals surface area contributed by atoms with Crippen molar-refractivity contribution < 1.29 is 53.2 Å². The summed E-state index contributed by atoms with van der Waals surface area (Å²) in [4.78, 5) is 33.8. The number of benzene rings is 4. The predicted molar refractivity (Wildman–Crippen MR) is 250 cm³/mol. The summed E-state index contributed by atoms with van der Waals surface area (Å²) in [6, 6.07) is 25.9. The van der Waals surface area contributed by atoms with Crippen molar-refractivity contribution in [1.29, 1.82) is 0 Å². The van der Waals surface area contributed by atoms with E-state index in [9.17, 15) is 25.1 Å². The number of aliphatic hydroxyl groups excluding tert-OH is 2. The molecule has 2 aliphatic heterocycles. The predicted octanol–water partition coefficient (Wildman–Crippen LogP) is 9.83. The fourth-order valence-corrected chi connectivity index (χ4v) is 10.1. The second-order valence-electron chi connectivity index (χ2n) is 17.0. The molecule has 1 saturated carbocycles. The number of hydrogen-bond donors (Lipinski definition) is 2. The van der Waals surface area contributed by atoms with Gasteiger partial charge in [0, 0.05) is 43.7 Å². The Morgan fingerprint density at radius 2 is 1.70 bits per heavy atom. The summed E-state index contributed by atoms with van der Waals surface area (Å²) in [6.07, 6.45) is 7.54. The summed E-state index contributed by atoms with van der Waals surface area (Å²) in [5.41, 5.74) is 3.81. The third-order valence-corrected chi connectivity index (χ3v) is 13.0. The number of allylic oxidation sites excluding steroid dienone is 1. The molecule has 2 N–H and O–H groups in total. The number of ether oxygens (including phenoxy) is 6. The minimum absolute atomic E-state index is 0.0276. The third-order valence-electron chi connectivity index (χ3n) is 12.9. The van der Waals surface area contributed by atoms with Gasteiger partial charge in [0.1, 0.15) is 36.5 Å². The van der Waals surface area contributed by atoms with Crippen LogP contribution in [0.3, 0.4) is 0 Å². The molecule has 15 nitrogen and oxygen atoms in total. The maximum atomic E-state index is 14.7. The second kappa shape index (κ2) is 22.1. The van der Waals surface area contributed by atoms with E-state index in [0.717, 1.165) is 41.5 Å². The number of alkyl halides is 1. The normalized spacial score (nSPS) is 22.7. The van der Waals surface area contributed by atoms with Crippen LogP contribution >= 0.6 is 11.6 Å². The smallest absolute Gasteiger partial charge is 0.410 e. The largest absolute Gasteiger partial charge is 0.459 e. The third kappa shape index (κ3) is 10.5. The topological polar surface area (TPSA) is 181 Å². The first kappa shape index (κ1) is 47.4. The van der Waals surface area contributed by atoms with Crippen LogP contribution in [0.5, 0.6) is 28.7 Å². The number of unbranched alkanes of at least 4 members (excludes halogenated alkanes) is 2. The van der Waals surface area contributed by atoms with Gasteiger partial charge in [-0.2, -0.15) is 0 Å². The van der Waals surface area contributed by atoms with Crippen molar-refractivity contribution in [2.24, 2.45) is 22.9 Å². The highest BCUT2D eigenvalue weighted by molar-refractivity contribution is 6.18. The number of nitro groups is 1. The van der Waals surface area contributed by atoms with Gasteiger partial charge in [0.25, 0.3) is 5.69 Å².